The van der Waals surface area contributed by atoms with Crippen molar-refractivity contribution in [3.05, 3.63) is 83.0 Å². The Morgan fingerprint density at radius 1 is 0.750 bits per heavy atom. The van der Waals surface area contributed by atoms with E-state index in [-0.39, 0.29) is 0 Å². The molecule has 1 heteroatoms. The molecule has 0 spiro atoms. The number of para-hydroxylation sites is 2. The highest BCUT2D eigenvalue weighted by molar-refractivity contribution is 5.84. The lowest BCUT2D eigenvalue weighted by Gasteiger charge is -2.05. The van der Waals surface area contributed by atoms with Crippen LogP contribution in [0.1, 0.15) is 0 Å². The standard InChI is InChI=1S/C19H13N/c1-3-9-15(10-4-1)20-18-13-6-2-5-11-16(18)17-12-7-8-14-19(17)20/h1,3-14H. The van der Waals surface area contributed by atoms with Crippen molar-refractivity contribution in [2.24, 2.45) is 0 Å². The molecule has 94 valence electrons. The van der Waals surface area contributed by atoms with Gasteiger partial charge in [-0.2, -0.15) is 0 Å². The summed E-state index contributed by atoms with van der Waals surface area (Å²) in [6.07, 6.45) is 8.21. The van der Waals surface area contributed by atoms with E-state index in [0.29, 0.717) is 0 Å². The number of hydrogen-bond donors (Lipinski definition) is 0. The van der Waals surface area contributed by atoms with Gasteiger partial charge in [-0.25, -0.2) is 0 Å². The maximum absolute atomic E-state index is 3.15. The molecule has 0 aliphatic heterocycles. The zero-order chi connectivity index (χ0) is 13.4. The van der Waals surface area contributed by atoms with Crippen LogP contribution in [-0.4, -0.2) is 4.57 Å². The number of benzene rings is 2. The summed E-state index contributed by atoms with van der Waals surface area (Å²) in [4.78, 5) is 0. The minimum atomic E-state index is 1.19. The second kappa shape index (κ2) is 4.41. The summed E-state index contributed by atoms with van der Waals surface area (Å²) in [5.74, 6) is 0. The first-order valence-electron chi connectivity index (χ1n) is 6.73. The molecule has 0 atom stereocenters. The van der Waals surface area contributed by atoms with E-state index < -0.39 is 0 Å². The fraction of sp³-hybridized carbons (Fsp3) is 0. The van der Waals surface area contributed by atoms with E-state index in [4.69, 9.17) is 0 Å². The topological polar surface area (TPSA) is 4.93 Å². The van der Waals surface area contributed by atoms with Gasteiger partial charge in [0.15, 0.2) is 0 Å². The molecule has 1 nitrogen and oxygen atoms in total. The molecule has 4 rings (SSSR count). The molecular weight excluding hydrogens is 242 g/mol. The second-order valence-electron chi connectivity index (χ2n) is 4.82. The van der Waals surface area contributed by atoms with Crippen LogP contribution in [0.4, 0.5) is 0 Å². The van der Waals surface area contributed by atoms with Gasteiger partial charge >= 0.3 is 0 Å². The summed E-state index contributed by atoms with van der Waals surface area (Å²) in [6, 6.07) is 19.0. The van der Waals surface area contributed by atoms with Crippen LogP contribution >= 0.6 is 0 Å². The zero-order valence-corrected chi connectivity index (χ0v) is 11.0. The molecular formula is C19H13N. The first-order valence-corrected chi connectivity index (χ1v) is 6.73. The minimum absolute atomic E-state index is 1.19. The minimum Gasteiger partial charge on any atom is -0.309 e. The molecule has 1 aromatic heterocycles. The van der Waals surface area contributed by atoms with Crippen molar-refractivity contribution in [3.63, 3.8) is 0 Å². The number of aromatic nitrogens is 1. The Morgan fingerprint density at radius 3 is 2.40 bits per heavy atom. The van der Waals surface area contributed by atoms with E-state index in [1.165, 1.54) is 27.2 Å². The molecule has 2 aromatic carbocycles. The first-order chi connectivity index (χ1) is 9.95. The van der Waals surface area contributed by atoms with Crippen LogP contribution in [-0.2, 0) is 0 Å². The molecule has 1 heterocycles. The highest BCUT2D eigenvalue weighted by atomic mass is 15.0. The van der Waals surface area contributed by atoms with Crippen molar-refractivity contribution in [1.82, 2.24) is 4.57 Å². The molecule has 0 N–H and O–H groups in total. The smallest absolute Gasteiger partial charge is 0.0547 e. The second-order valence-corrected chi connectivity index (χ2v) is 4.82. The average Bonchev–Trinajstić information content (AvgIpc) is 2.65. The summed E-state index contributed by atoms with van der Waals surface area (Å²) in [5, 5.41) is 3.74. The van der Waals surface area contributed by atoms with Gasteiger partial charge in [-0.3, -0.25) is 0 Å². The average molecular weight is 255 g/mol. The van der Waals surface area contributed by atoms with Crippen LogP contribution in [0.15, 0.2) is 72.5 Å². The van der Waals surface area contributed by atoms with E-state index in [9.17, 15) is 0 Å². The van der Waals surface area contributed by atoms with E-state index in [1.54, 1.807) is 0 Å². The Hall–Kier alpha value is -2.76. The first kappa shape index (κ1) is 11.1. The van der Waals surface area contributed by atoms with Gasteiger partial charge in [0, 0.05) is 16.3 Å². The fourth-order valence-corrected chi connectivity index (χ4v) is 2.79. The summed E-state index contributed by atoms with van der Waals surface area (Å²) in [5.41, 5.74) is 5.57. The molecule has 3 aromatic rings. The summed E-state index contributed by atoms with van der Waals surface area (Å²) < 4.78 is 2.30. The summed E-state index contributed by atoms with van der Waals surface area (Å²) >= 11 is 0. The van der Waals surface area contributed by atoms with E-state index in [2.05, 4.69) is 71.0 Å². The van der Waals surface area contributed by atoms with Gasteiger partial charge < -0.3 is 4.57 Å². The number of nitrogens with zero attached hydrogens (tertiary/aromatic N) is 1. The van der Waals surface area contributed by atoms with E-state index in [0.717, 1.165) is 0 Å². The van der Waals surface area contributed by atoms with Crippen LogP contribution in [0.25, 0.3) is 28.7 Å². The molecule has 1 aliphatic rings. The zero-order valence-electron chi connectivity index (χ0n) is 11.0. The van der Waals surface area contributed by atoms with Crippen LogP contribution in [0, 0.1) is 0 Å². The Morgan fingerprint density at radius 2 is 1.50 bits per heavy atom. The fourth-order valence-electron chi connectivity index (χ4n) is 2.79. The highest BCUT2D eigenvalue weighted by Crippen LogP contribution is 2.14. The van der Waals surface area contributed by atoms with Gasteiger partial charge in [-0.15, -0.1) is 5.73 Å². The predicted octanol–water partition coefficient (Wildman–Crippen LogP) is 2.92. The lowest BCUT2D eigenvalue weighted by atomic mass is 10.2. The van der Waals surface area contributed by atoms with Gasteiger partial charge in [0.2, 0.25) is 0 Å². The van der Waals surface area contributed by atoms with Crippen molar-refractivity contribution in [2.75, 3.05) is 0 Å². The summed E-state index contributed by atoms with van der Waals surface area (Å²) in [6.45, 7) is 0. The van der Waals surface area contributed by atoms with E-state index in [1.807, 2.05) is 18.2 Å². The number of allylic oxidation sites excluding steroid dienone is 1. The Balaban J connectivity index is 2.26. The molecule has 0 saturated heterocycles. The van der Waals surface area contributed by atoms with Crippen LogP contribution < -0.4 is 10.6 Å². The van der Waals surface area contributed by atoms with Crippen molar-refractivity contribution in [2.45, 2.75) is 0 Å². The molecule has 0 saturated carbocycles. The lowest BCUT2D eigenvalue weighted by Crippen LogP contribution is -2.27. The molecule has 1 aliphatic carbocycles. The molecule has 20 heavy (non-hydrogen) atoms. The van der Waals surface area contributed by atoms with Crippen molar-refractivity contribution in [3.8, 4) is 5.69 Å². The monoisotopic (exact) mass is 255 g/mol. The molecule has 0 bridgehead atoms. The highest BCUT2D eigenvalue weighted by Gasteiger charge is 2.08. The van der Waals surface area contributed by atoms with Gasteiger partial charge in [0.25, 0.3) is 0 Å². The van der Waals surface area contributed by atoms with Crippen LogP contribution in [0.2, 0.25) is 0 Å². The third-order valence-corrected chi connectivity index (χ3v) is 3.65. The van der Waals surface area contributed by atoms with Gasteiger partial charge in [0.1, 0.15) is 0 Å². The van der Waals surface area contributed by atoms with Crippen LogP contribution in [0.5, 0.6) is 0 Å². The maximum atomic E-state index is 3.15. The van der Waals surface area contributed by atoms with Crippen molar-refractivity contribution in [1.29, 1.82) is 0 Å². The van der Waals surface area contributed by atoms with Gasteiger partial charge in [0.05, 0.1) is 10.9 Å². The Labute approximate surface area is 117 Å². The number of hydrogen-bond acceptors (Lipinski definition) is 0. The van der Waals surface area contributed by atoms with Crippen LogP contribution in [0.3, 0.4) is 0 Å². The molecule has 0 radical (unpaired) electrons. The number of rotatable bonds is 1. The predicted molar refractivity (Wildman–Crippen MR) is 84.1 cm³/mol. The quantitative estimate of drug-likeness (QED) is 0.589. The molecule has 0 amide bonds. The Bertz CT molecular complexity index is 966. The maximum Gasteiger partial charge on any atom is 0.0547 e. The normalized spacial score (nSPS) is 12.6. The van der Waals surface area contributed by atoms with Gasteiger partial charge in [-0.1, -0.05) is 36.4 Å². The Kier molecular flexibility index (Phi) is 2.45. The van der Waals surface area contributed by atoms with Gasteiger partial charge in [-0.05, 0) is 42.5 Å². The largest absolute Gasteiger partial charge is 0.309 e. The third-order valence-electron chi connectivity index (χ3n) is 3.65. The molecule has 0 fully saturated rings. The number of fused-ring (bicyclic) bond motifs is 3. The third kappa shape index (κ3) is 1.58. The van der Waals surface area contributed by atoms with Crippen molar-refractivity contribution < 1.29 is 0 Å². The van der Waals surface area contributed by atoms with E-state index >= 15 is 0 Å². The van der Waals surface area contributed by atoms with Crippen molar-refractivity contribution >= 4 is 23.1 Å². The molecule has 0 unspecified atom stereocenters. The summed E-state index contributed by atoms with van der Waals surface area (Å²) in [7, 11) is 0. The lowest BCUT2D eigenvalue weighted by molar-refractivity contribution is 1.07. The SMILES string of the molecule is C1=CC=c2c(n(-c3ccccc3)c3ccccc23)=CC=1.